The molecule has 0 saturated carbocycles. The van der Waals surface area contributed by atoms with E-state index in [0.717, 1.165) is 12.0 Å². The van der Waals surface area contributed by atoms with Gasteiger partial charge in [0.05, 0.1) is 12.2 Å². The zero-order valence-corrected chi connectivity index (χ0v) is 11.9. The van der Waals surface area contributed by atoms with Crippen molar-refractivity contribution in [3.05, 3.63) is 0 Å². The van der Waals surface area contributed by atoms with Gasteiger partial charge in [0, 0.05) is 24.5 Å². The topological polar surface area (TPSA) is 24.5 Å². The number of ether oxygens (including phenoxy) is 1. The van der Waals surface area contributed by atoms with E-state index in [4.69, 9.17) is 4.74 Å². The Hall–Kier alpha value is -0.120. The molecule has 3 heteroatoms. The fraction of sp³-hybridized carbons (Fsp3) is 1.00. The lowest BCUT2D eigenvalue weighted by Gasteiger charge is -2.35. The molecule has 3 fully saturated rings. The van der Waals surface area contributed by atoms with Crippen LogP contribution in [0.3, 0.4) is 0 Å². The minimum absolute atomic E-state index is 0.582. The predicted octanol–water partition coefficient (Wildman–Crippen LogP) is 2.02. The summed E-state index contributed by atoms with van der Waals surface area (Å²) in [6.45, 7) is 8.33. The van der Waals surface area contributed by atoms with Gasteiger partial charge in [0.25, 0.3) is 0 Å². The summed E-state index contributed by atoms with van der Waals surface area (Å²) in [6, 6.07) is 1.46. The van der Waals surface area contributed by atoms with Gasteiger partial charge in [-0.2, -0.15) is 0 Å². The summed E-state index contributed by atoms with van der Waals surface area (Å²) in [5.74, 6) is 0.798. The Morgan fingerprint density at radius 1 is 1.17 bits per heavy atom. The summed E-state index contributed by atoms with van der Waals surface area (Å²) >= 11 is 0. The van der Waals surface area contributed by atoms with Gasteiger partial charge in [0.15, 0.2) is 0 Å². The van der Waals surface area contributed by atoms with Gasteiger partial charge in [-0.1, -0.05) is 0 Å². The first-order chi connectivity index (χ1) is 8.72. The molecule has 0 aromatic heterocycles. The number of piperidine rings is 1. The number of hydrogen-bond donors (Lipinski definition) is 1. The Kier molecular flexibility index (Phi) is 3.92. The van der Waals surface area contributed by atoms with Gasteiger partial charge in [0.2, 0.25) is 0 Å². The van der Waals surface area contributed by atoms with Crippen molar-refractivity contribution >= 4 is 0 Å². The molecule has 18 heavy (non-hydrogen) atoms. The summed E-state index contributed by atoms with van der Waals surface area (Å²) in [6.07, 6.45) is 7.75. The molecule has 3 saturated heterocycles. The number of nitrogens with zero attached hydrogens (tertiary/aromatic N) is 1. The lowest BCUT2D eigenvalue weighted by Crippen LogP contribution is -2.46. The maximum Gasteiger partial charge on any atom is 0.0621 e. The maximum absolute atomic E-state index is 5.93. The van der Waals surface area contributed by atoms with Gasteiger partial charge in [-0.15, -0.1) is 0 Å². The maximum atomic E-state index is 5.93. The van der Waals surface area contributed by atoms with Gasteiger partial charge in [-0.3, -0.25) is 0 Å². The van der Waals surface area contributed by atoms with Crippen LogP contribution in [-0.2, 0) is 4.74 Å². The van der Waals surface area contributed by atoms with Crippen LogP contribution < -0.4 is 5.32 Å². The van der Waals surface area contributed by atoms with E-state index < -0.39 is 0 Å². The summed E-state index contributed by atoms with van der Waals surface area (Å²) in [7, 11) is 0. The smallest absolute Gasteiger partial charge is 0.0621 e. The van der Waals surface area contributed by atoms with Crippen molar-refractivity contribution in [2.24, 2.45) is 5.92 Å². The molecule has 0 aliphatic carbocycles. The first kappa shape index (κ1) is 12.9. The average Bonchev–Trinajstić information content (AvgIpc) is 2.99. The Morgan fingerprint density at radius 2 is 1.94 bits per heavy atom. The molecule has 3 aliphatic rings. The molecule has 0 spiro atoms. The molecule has 1 N–H and O–H groups in total. The minimum Gasteiger partial charge on any atom is -0.375 e. The highest BCUT2D eigenvalue weighted by molar-refractivity contribution is 4.91. The van der Waals surface area contributed by atoms with Crippen LogP contribution >= 0.6 is 0 Å². The molecule has 3 atom stereocenters. The standard InChI is InChI=1S/C15H28N2O/c1-11(2)17-7-5-13(6-8-17)16-10-12-9-14-3-4-15(12)18-14/h11-16H,3-10H2,1-2H3. The second-order valence-electron chi connectivity index (χ2n) is 6.68. The molecule has 3 nitrogen and oxygen atoms in total. The molecule has 3 heterocycles. The van der Waals surface area contributed by atoms with Crippen LogP contribution in [0.4, 0.5) is 0 Å². The van der Waals surface area contributed by atoms with E-state index in [1.807, 2.05) is 0 Å². The summed E-state index contributed by atoms with van der Waals surface area (Å²) in [4.78, 5) is 2.60. The number of hydrogen-bond acceptors (Lipinski definition) is 3. The number of rotatable bonds is 4. The first-order valence-electron chi connectivity index (χ1n) is 7.85. The largest absolute Gasteiger partial charge is 0.375 e. The molecular formula is C15H28N2O. The first-order valence-corrected chi connectivity index (χ1v) is 7.85. The van der Waals surface area contributed by atoms with Gasteiger partial charge >= 0.3 is 0 Å². The normalized spacial score (nSPS) is 37.8. The zero-order valence-electron chi connectivity index (χ0n) is 11.9. The van der Waals surface area contributed by atoms with E-state index in [1.165, 1.54) is 51.7 Å². The average molecular weight is 252 g/mol. The summed E-state index contributed by atoms with van der Waals surface area (Å²) in [5, 5.41) is 3.80. The van der Waals surface area contributed by atoms with Crippen LogP contribution in [0.1, 0.15) is 46.0 Å². The van der Waals surface area contributed by atoms with Crippen molar-refractivity contribution in [1.29, 1.82) is 0 Å². The quantitative estimate of drug-likeness (QED) is 0.828. The Bertz CT molecular complexity index is 274. The van der Waals surface area contributed by atoms with Gasteiger partial charge in [-0.05, 0) is 59.0 Å². The highest BCUT2D eigenvalue weighted by Gasteiger charge is 2.40. The second-order valence-corrected chi connectivity index (χ2v) is 6.68. The molecule has 0 aromatic carbocycles. The Balaban J connectivity index is 1.37. The van der Waals surface area contributed by atoms with E-state index in [2.05, 4.69) is 24.1 Å². The van der Waals surface area contributed by atoms with Gasteiger partial charge in [-0.25, -0.2) is 0 Å². The molecule has 0 radical (unpaired) electrons. The summed E-state index contributed by atoms with van der Waals surface area (Å²) < 4.78 is 5.93. The lowest BCUT2D eigenvalue weighted by molar-refractivity contribution is 0.0908. The zero-order chi connectivity index (χ0) is 12.5. The number of fused-ring (bicyclic) bond motifs is 2. The van der Waals surface area contributed by atoms with Crippen LogP contribution in [0, 0.1) is 5.92 Å². The van der Waals surface area contributed by atoms with Crippen LogP contribution in [0.2, 0.25) is 0 Å². The Morgan fingerprint density at radius 3 is 2.50 bits per heavy atom. The van der Waals surface area contributed by atoms with Crippen molar-refractivity contribution in [2.45, 2.75) is 70.2 Å². The van der Waals surface area contributed by atoms with Crippen molar-refractivity contribution in [3.8, 4) is 0 Å². The highest BCUT2D eigenvalue weighted by atomic mass is 16.5. The monoisotopic (exact) mass is 252 g/mol. The molecule has 3 aliphatic heterocycles. The Labute approximate surface area is 111 Å². The number of nitrogens with one attached hydrogen (secondary N) is 1. The third kappa shape index (κ3) is 2.73. The van der Waals surface area contributed by atoms with Crippen molar-refractivity contribution in [2.75, 3.05) is 19.6 Å². The third-order valence-corrected chi connectivity index (χ3v) is 5.16. The van der Waals surface area contributed by atoms with Crippen LogP contribution in [0.15, 0.2) is 0 Å². The van der Waals surface area contributed by atoms with Crippen molar-refractivity contribution in [3.63, 3.8) is 0 Å². The van der Waals surface area contributed by atoms with Crippen LogP contribution in [-0.4, -0.2) is 48.8 Å². The fourth-order valence-electron chi connectivity index (χ4n) is 3.90. The van der Waals surface area contributed by atoms with Gasteiger partial charge < -0.3 is 15.0 Å². The van der Waals surface area contributed by atoms with Gasteiger partial charge in [0.1, 0.15) is 0 Å². The van der Waals surface area contributed by atoms with E-state index in [-0.39, 0.29) is 0 Å². The van der Waals surface area contributed by atoms with E-state index >= 15 is 0 Å². The molecular weight excluding hydrogens is 224 g/mol. The van der Waals surface area contributed by atoms with E-state index in [9.17, 15) is 0 Å². The van der Waals surface area contributed by atoms with Crippen LogP contribution in [0.25, 0.3) is 0 Å². The SMILES string of the molecule is CC(C)N1CCC(NCC2CC3CCC2O3)CC1. The molecule has 104 valence electrons. The van der Waals surface area contributed by atoms with E-state index in [1.54, 1.807) is 0 Å². The molecule has 0 amide bonds. The highest BCUT2D eigenvalue weighted by Crippen LogP contribution is 2.38. The fourth-order valence-corrected chi connectivity index (χ4v) is 3.90. The summed E-state index contributed by atoms with van der Waals surface area (Å²) in [5.41, 5.74) is 0. The predicted molar refractivity (Wildman–Crippen MR) is 73.7 cm³/mol. The minimum atomic E-state index is 0.582. The molecule has 0 aromatic rings. The van der Waals surface area contributed by atoms with Crippen molar-refractivity contribution in [1.82, 2.24) is 10.2 Å². The molecule has 2 bridgehead atoms. The lowest BCUT2D eigenvalue weighted by atomic mass is 9.89. The second kappa shape index (κ2) is 5.48. The molecule has 3 rings (SSSR count). The number of likely N-dealkylation sites (tertiary alicyclic amines) is 1. The molecule has 3 unspecified atom stereocenters. The van der Waals surface area contributed by atoms with Crippen molar-refractivity contribution < 1.29 is 4.74 Å². The van der Waals surface area contributed by atoms with Crippen LogP contribution in [0.5, 0.6) is 0 Å². The third-order valence-electron chi connectivity index (χ3n) is 5.16. The van der Waals surface area contributed by atoms with E-state index in [0.29, 0.717) is 18.2 Å².